The fourth-order valence-corrected chi connectivity index (χ4v) is 24.4. The summed E-state index contributed by atoms with van der Waals surface area (Å²) in [5, 5.41) is 0. The van der Waals surface area contributed by atoms with Crippen LogP contribution in [0.4, 0.5) is 77.0 Å². The summed E-state index contributed by atoms with van der Waals surface area (Å²) < 4.78 is 50.9. The third kappa shape index (κ3) is 17.8. The van der Waals surface area contributed by atoms with E-state index in [2.05, 4.69) is 476 Å². The van der Waals surface area contributed by atoms with Gasteiger partial charge >= 0.3 is 0 Å². The lowest BCUT2D eigenvalue weighted by atomic mass is 9.77. The highest BCUT2D eigenvalue weighted by Crippen LogP contribution is 2.63. The van der Waals surface area contributed by atoms with Gasteiger partial charge in [-0.25, -0.2) is 8.78 Å². The first-order valence-electron chi connectivity index (χ1n) is 52.3. The third-order valence-electron chi connectivity index (χ3n) is 33.0. The van der Waals surface area contributed by atoms with E-state index in [0.29, 0.717) is 0 Å². The summed E-state index contributed by atoms with van der Waals surface area (Å²) in [4.78, 5) is 9.40. The minimum absolute atomic E-state index is 0.0667. The Morgan fingerprint density at radius 3 is 0.757 bits per heavy atom. The van der Waals surface area contributed by atoms with Gasteiger partial charge in [-0.2, -0.15) is 0 Å². The van der Waals surface area contributed by atoms with Gasteiger partial charge in [-0.15, -0.1) is 0 Å². The van der Waals surface area contributed by atoms with Crippen LogP contribution in [0, 0.1) is 55.4 Å². The smallest absolute Gasteiger partial charge is 0.266 e. The molecule has 0 radical (unpaired) electrons. The summed E-state index contributed by atoms with van der Waals surface area (Å²) in [5.74, 6) is -2.83. The number of aryl methyl sites for hydroxylation is 8. The van der Waals surface area contributed by atoms with Crippen molar-refractivity contribution in [3.05, 3.63) is 453 Å². The number of benzene rings is 16. The van der Waals surface area contributed by atoms with Gasteiger partial charge in [0.15, 0.2) is 0 Å². The Bertz CT molecular complexity index is 7210. The molecule has 1 saturated heterocycles. The van der Waals surface area contributed by atoms with Crippen molar-refractivity contribution in [3.63, 3.8) is 0 Å². The highest BCUT2D eigenvalue weighted by Gasteiger charge is 2.65. The molecule has 9 heteroatoms. The number of nitrogens with zero attached hydrogens (tertiary/aromatic N) is 4. The number of rotatable bonds is 20. The quantitative estimate of drug-likeness (QED) is 0.0753. The molecule has 16 aromatic rings. The Kier molecular flexibility index (Phi) is 27.0. The normalized spacial score (nSPS) is 18.0. The molecular formula is C135H140F2N4O3. The SMILES string of the molecule is CCC1(CC)OC(CC)(CC)c2cc(-c3ccc(N(c4ccccc4C)c4ccccc4C)cc3)ccc21.Cc1ccccc1N(c1ccc(-c2ccc3c(c2)C(C)(C)C(F)(F)C3(C)C)cc1)c1ccccc1C.Cc1ccccc1N(c1ccc(-c2ccc3c(c2)C(C)(C)OC32CCCC2)cc1)c1ccccc1C.Cc1ccccc1N(c1ccc(-c2ccc3c(c2)C2(C)CCC3(C)O2)cc1)c1ccccc1C. The van der Waals surface area contributed by atoms with Crippen LogP contribution in [-0.4, -0.2) is 5.92 Å². The van der Waals surface area contributed by atoms with Gasteiger partial charge in [-0.05, 0) is 411 Å². The van der Waals surface area contributed by atoms with Crippen molar-refractivity contribution in [3.8, 4) is 44.5 Å². The fraction of sp³-hybridized carbons (Fsp3) is 0.289. The molecule has 2 aliphatic carbocycles. The first-order chi connectivity index (χ1) is 69.1. The van der Waals surface area contributed by atoms with Crippen LogP contribution in [0.2, 0.25) is 0 Å². The zero-order valence-electron chi connectivity index (χ0n) is 88.0. The van der Waals surface area contributed by atoms with Gasteiger partial charge in [0.05, 0.1) is 44.4 Å². The first-order valence-corrected chi connectivity index (χ1v) is 52.3. The second-order valence-corrected chi connectivity index (χ2v) is 43.1. The van der Waals surface area contributed by atoms with Crippen LogP contribution >= 0.6 is 0 Å². The van der Waals surface area contributed by atoms with Crippen LogP contribution in [0.3, 0.4) is 0 Å². The van der Waals surface area contributed by atoms with Crippen LogP contribution in [0.1, 0.15) is 236 Å². The van der Waals surface area contributed by atoms with Gasteiger partial charge in [-0.3, -0.25) is 0 Å². The number of fused-ring (bicyclic) bond motifs is 9. The molecule has 16 aromatic carbocycles. The molecule has 2 unspecified atom stereocenters. The topological polar surface area (TPSA) is 40.7 Å². The maximum atomic E-state index is 15.4. The summed E-state index contributed by atoms with van der Waals surface area (Å²) in [6.45, 7) is 42.0. The minimum atomic E-state index is -2.83. The Hall–Kier alpha value is -13.5. The number of alkyl halides is 2. The minimum Gasteiger partial charge on any atom is -0.360 e. The van der Waals surface area contributed by atoms with E-state index in [0.717, 1.165) is 108 Å². The van der Waals surface area contributed by atoms with Gasteiger partial charge in [0.1, 0.15) is 0 Å². The molecule has 0 N–H and O–H groups in total. The van der Waals surface area contributed by atoms with Crippen LogP contribution in [0.25, 0.3) is 44.5 Å². The zero-order valence-corrected chi connectivity index (χ0v) is 88.0. The van der Waals surface area contributed by atoms with Crippen molar-refractivity contribution >= 4 is 68.2 Å². The number of hydrogen-bond donors (Lipinski definition) is 0. The average Bonchev–Trinajstić information content (AvgIpc) is 1.53. The lowest BCUT2D eigenvalue weighted by molar-refractivity contribution is -0.151. The maximum Gasteiger partial charge on any atom is 0.266 e. The Labute approximate surface area is 855 Å². The van der Waals surface area contributed by atoms with E-state index < -0.39 is 16.8 Å². The Morgan fingerprint density at radius 1 is 0.222 bits per heavy atom. The van der Waals surface area contributed by atoms with Gasteiger partial charge in [0, 0.05) is 68.2 Å². The number of hydrogen-bond acceptors (Lipinski definition) is 7. The summed E-state index contributed by atoms with van der Waals surface area (Å²) in [7, 11) is 0. The molecular weight excluding hydrogens is 1760 g/mol. The lowest BCUT2D eigenvalue weighted by Crippen LogP contribution is -2.46. The fourth-order valence-electron chi connectivity index (χ4n) is 24.4. The molecule has 0 amide bonds. The van der Waals surface area contributed by atoms with Gasteiger partial charge in [0.2, 0.25) is 0 Å². The van der Waals surface area contributed by atoms with Crippen molar-refractivity contribution in [1.29, 1.82) is 0 Å². The molecule has 2 bridgehead atoms. The van der Waals surface area contributed by atoms with Gasteiger partial charge < -0.3 is 33.8 Å². The van der Waals surface area contributed by atoms with Crippen molar-refractivity contribution in [2.75, 3.05) is 19.6 Å². The number of ether oxygens (including phenoxy) is 3. The standard InChI is InChI=1S/C36H41NO.C34H35NO.C33H33F2N.C32H31NO/c1-7-35(8-2)31-24-21-29(25-32(31)36(9-3,10-4)38-35)28-19-22-30(23-20-28)37(33-17-13-11-15-26(33)5)34-18-14-12-16-27(34)6;1-24-11-5-7-13-31(24)35(32-14-8-6-12-25(32)2)28-18-15-26(16-19-28)27-17-20-29-30(23-27)33(3,4)36-34(29)21-9-10-22-34;1-22-11-7-9-13-29(22)36(30-14-10-8-12-23(30)2)26-18-15-24(16-19-26)25-17-20-27-28(21-25)32(5,6)33(34,35)31(27,3)4;1-22-9-5-7-11-29(22)33(30-12-8-6-10-23(30)2)26-16-13-24(14-17-26)25-15-18-27-28(21-25)32(4)20-19-31(27,3)34-32/h11-25H,7-10H2,1-6H3;5-8,11-20,23H,9-10,21-22H2,1-4H3;7-21H,1-6H3;5-18,21H,19-20H2,1-4H3. The summed E-state index contributed by atoms with van der Waals surface area (Å²) in [5.41, 5.74) is 39.7. The molecule has 144 heavy (non-hydrogen) atoms. The zero-order chi connectivity index (χ0) is 101. The lowest BCUT2D eigenvalue weighted by Gasteiger charge is -2.35. The van der Waals surface area contributed by atoms with Gasteiger partial charge in [0.25, 0.3) is 5.92 Å². The van der Waals surface area contributed by atoms with Crippen molar-refractivity contribution in [2.45, 2.75) is 253 Å². The predicted molar refractivity (Wildman–Crippen MR) is 600 cm³/mol. The molecule has 1 spiro atoms. The summed E-state index contributed by atoms with van der Waals surface area (Å²) >= 11 is 0. The van der Waals surface area contributed by atoms with Crippen molar-refractivity contribution < 1.29 is 23.0 Å². The number of para-hydroxylation sites is 8. The van der Waals surface area contributed by atoms with E-state index in [1.807, 2.05) is 18.2 Å². The Morgan fingerprint density at radius 2 is 0.458 bits per heavy atom. The summed E-state index contributed by atoms with van der Waals surface area (Å²) in [6, 6.07) is 131. The van der Waals surface area contributed by atoms with Crippen LogP contribution < -0.4 is 19.6 Å². The third-order valence-corrected chi connectivity index (χ3v) is 33.0. The number of anilines is 12. The van der Waals surface area contributed by atoms with Crippen LogP contribution in [0.5, 0.6) is 0 Å². The molecule has 732 valence electrons. The molecule has 2 atom stereocenters. The number of halogens is 2. The molecule has 6 aliphatic rings. The molecule has 22 rings (SSSR count). The van der Waals surface area contributed by atoms with Gasteiger partial charge in [-0.1, -0.05) is 289 Å². The van der Waals surface area contributed by atoms with E-state index in [1.165, 1.54) is 158 Å². The van der Waals surface area contributed by atoms with Crippen molar-refractivity contribution in [1.82, 2.24) is 0 Å². The van der Waals surface area contributed by atoms with E-state index in [4.69, 9.17) is 14.2 Å². The van der Waals surface area contributed by atoms with E-state index in [1.54, 1.807) is 27.7 Å². The maximum absolute atomic E-state index is 15.4. The van der Waals surface area contributed by atoms with Crippen LogP contribution in [0.15, 0.2) is 364 Å². The highest BCUT2D eigenvalue weighted by molar-refractivity contribution is 5.87. The van der Waals surface area contributed by atoms with E-state index in [9.17, 15) is 0 Å². The molecule has 7 nitrogen and oxygen atoms in total. The second kappa shape index (κ2) is 39.2. The Balaban J connectivity index is 0.000000122. The predicted octanol–water partition coefficient (Wildman–Crippen LogP) is 38.3. The highest BCUT2D eigenvalue weighted by atomic mass is 19.3. The monoisotopic (exact) mass is 1900 g/mol. The van der Waals surface area contributed by atoms with Crippen LogP contribution in [-0.2, 0) is 58.6 Å². The van der Waals surface area contributed by atoms with E-state index in [-0.39, 0.29) is 33.6 Å². The van der Waals surface area contributed by atoms with E-state index >= 15 is 8.78 Å². The van der Waals surface area contributed by atoms with Crippen molar-refractivity contribution in [2.24, 2.45) is 0 Å². The summed E-state index contributed by atoms with van der Waals surface area (Å²) in [6.07, 6.45) is 11.0. The molecule has 4 heterocycles. The molecule has 4 aliphatic heterocycles. The first kappa shape index (κ1) is 99.2. The average molecular weight is 1900 g/mol. The second-order valence-electron chi connectivity index (χ2n) is 43.1. The largest absolute Gasteiger partial charge is 0.360 e. The molecule has 2 fully saturated rings. The molecule has 0 aromatic heterocycles. The molecule has 1 saturated carbocycles.